The van der Waals surface area contributed by atoms with Gasteiger partial charge in [0.05, 0.1) is 5.75 Å². The van der Waals surface area contributed by atoms with Gasteiger partial charge in [0.2, 0.25) is 0 Å². The molecule has 2 aromatic rings. The molecule has 0 aliphatic carbocycles. The molecule has 1 aromatic carbocycles. The Hall–Kier alpha value is -3.38. The van der Waals surface area contributed by atoms with Crippen LogP contribution in [0.25, 0.3) is 11.1 Å². The number of nitrogens with one attached hydrogen (secondary N) is 1. The van der Waals surface area contributed by atoms with Gasteiger partial charge in [-0.25, -0.2) is 9.59 Å². The third kappa shape index (κ3) is 4.47. The van der Waals surface area contributed by atoms with Crippen LogP contribution in [0.4, 0.5) is 11.5 Å². The Morgan fingerprint density at radius 2 is 1.64 bits per heavy atom. The van der Waals surface area contributed by atoms with Gasteiger partial charge in [-0.2, -0.15) is 8.42 Å². The maximum absolute atomic E-state index is 12.0. The predicted molar refractivity (Wildman–Crippen MR) is 101 cm³/mol. The van der Waals surface area contributed by atoms with Crippen molar-refractivity contribution in [2.24, 2.45) is 0 Å². The zero-order valence-electron chi connectivity index (χ0n) is 14.5. The number of nitrogen functional groups attached to an aromatic ring is 1. The van der Waals surface area contributed by atoms with E-state index in [9.17, 15) is 33.0 Å². The predicted octanol–water partition coefficient (Wildman–Crippen LogP) is 0.345. The van der Waals surface area contributed by atoms with Crippen LogP contribution in [0.5, 0.6) is 0 Å². The lowest BCUT2D eigenvalue weighted by Gasteiger charge is -2.19. The molecule has 0 bridgehead atoms. The summed E-state index contributed by atoms with van der Waals surface area (Å²) in [7, 11) is -2.58. The van der Waals surface area contributed by atoms with Crippen molar-refractivity contribution in [3.05, 3.63) is 45.7 Å². The second-order valence-electron chi connectivity index (χ2n) is 5.86. The van der Waals surface area contributed by atoms with E-state index in [-0.39, 0.29) is 17.7 Å². The van der Waals surface area contributed by atoms with E-state index in [1.54, 1.807) is 7.05 Å². The third-order valence-electron chi connectivity index (χ3n) is 3.95. The van der Waals surface area contributed by atoms with E-state index in [1.165, 1.54) is 29.2 Å². The average Bonchev–Trinajstić information content (AvgIpc) is 2.57. The molecule has 0 radical (unpaired) electrons. The number of aromatic carboxylic acids is 2. The van der Waals surface area contributed by atoms with E-state index < -0.39 is 50.3 Å². The quantitative estimate of drug-likeness (QED) is 0.397. The fourth-order valence-corrected chi connectivity index (χ4v) is 3.10. The van der Waals surface area contributed by atoms with Crippen LogP contribution >= 0.6 is 0 Å². The van der Waals surface area contributed by atoms with Gasteiger partial charge >= 0.3 is 11.9 Å². The molecule has 0 aliphatic heterocycles. The van der Waals surface area contributed by atoms with Crippen molar-refractivity contribution in [2.45, 2.75) is 0 Å². The number of nitrogens with two attached hydrogens (primary N) is 1. The Balaban J connectivity index is 2.55. The number of H-pyrrole nitrogens is 1. The number of hydrogen-bond donors (Lipinski definition) is 5. The number of anilines is 2. The van der Waals surface area contributed by atoms with Gasteiger partial charge in [0.1, 0.15) is 16.9 Å². The van der Waals surface area contributed by atoms with Crippen LogP contribution in [0.15, 0.2) is 29.1 Å². The van der Waals surface area contributed by atoms with Crippen molar-refractivity contribution in [2.75, 3.05) is 30.0 Å². The Morgan fingerprint density at radius 1 is 1.11 bits per heavy atom. The molecule has 0 fully saturated rings. The van der Waals surface area contributed by atoms with Gasteiger partial charge in [0.25, 0.3) is 15.7 Å². The summed E-state index contributed by atoms with van der Waals surface area (Å²) in [6.07, 6.45) is 0. The van der Waals surface area contributed by atoms with Gasteiger partial charge in [-0.3, -0.25) is 9.35 Å². The van der Waals surface area contributed by atoms with Crippen molar-refractivity contribution < 1.29 is 32.8 Å². The maximum Gasteiger partial charge on any atom is 0.342 e. The van der Waals surface area contributed by atoms with E-state index in [2.05, 4.69) is 0 Å². The Morgan fingerprint density at radius 3 is 2.11 bits per heavy atom. The lowest BCUT2D eigenvalue weighted by atomic mass is 9.95. The topological polar surface area (TPSA) is 191 Å². The Kier molecular flexibility index (Phi) is 5.75. The number of aromatic nitrogens is 1. The van der Waals surface area contributed by atoms with E-state index in [1.807, 2.05) is 4.98 Å². The smallest absolute Gasteiger partial charge is 0.342 e. The summed E-state index contributed by atoms with van der Waals surface area (Å²) < 4.78 is 30.5. The number of rotatable bonds is 7. The van der Waals surface area contributed by atoms with Crippen LogP contribution in [0.1, 0.15) is 20.7 Å². The minimum atomic E-state index is -4.14. The first kappa shape index (κ1) is 20.9. The Labute approximate surface area is 158 Å². The number of carboxylic acid groups (broad SMARTS) is 2. The molecule has 0 aliphatic rings. The maximum atomic E-state index is 12.0. The number of nitrogens with zero attached hydrogens (tertiary/aromatic N) is 1. The summed E-state index contributed by atoms with van der Waals surface area (Å²) in [6.45, 7) is -0.0170. The minimum absolute atomic E-state index is 0.0170. The van der Waals surface area contributed by atoms with Crippen molar-refractivity contribution in [3.8, 4) is 11.1 Å². The van der Waals surface area contributed by atoms with E-state index in [4.69, 9.17) is 10.3 Å². The monoisotopic (exact) mass is 411 g/mol. The molecule has 6 N–H and O–H groups in total. The molecule has 0 saturated carbocycles. The number of carbonyl (C=O) groups is 2. The van der Waals surface area contributed by atoms with Crippen LogP contribution < -0.4 is 16.2 Å². The summed E-state index contributed by atoms with van der Waals surface area (Å²) >= 11 is 0. The molecule has 12 heteroatoms. The molecule has 150 valence electrons. The Bertz CT molecular complexity index is 1090. The molecular weight excluding hydrogens is 394 g/mol. The van der Waals surface area contributed by atoms with E-state index in [0.717, 1.165) is 0 Å². The van der Waals surface area contributed by atoms with Crippen LogP contribution in [-0.2, 0) is 10.1 Å². The standard InChI is InChI=1S/C16H17N3O8S/c1-19(6-7-28(25,26)27)9-4-2-8(3-5-9)10-11(15(21)22)13(17)18-14(20)12(10)16(23)24/h2-5H,6-7H2,1H3,(H,21,22)(H,23,24)(H3,17,18,20)(H,25,26,27). The molecule has 0 amide bonds. The fourth-order valence-electron chi connectivity index (χ4n) is 2.60. The van der Waals surface area contributed by atoms with Gasteiger partial charge in [0.15, 0.2) is 0 Å². The first-order valence-corrected chi connectivity index (χ1v) is 9.32. The second-order valence-corrected chi connectivity index (χ2v) is 7.43. The largest absolute Gasteiger partial charge is 0.478 e. The first-order chi connectivity index (χ1) is 12.9. The number of carboxylic acids is 2. The van der Waals surface area contributed by atoms with Gasteiger partial charge in [-0.15, -0.1) is 0 Å². The molecule has 0 saturated heterocycles. The summed E-state index contributed by atoms with van der Waals surface area (Å²) in [6, 6.07) is 5.72. The summed E-state index contributed by atoms with van der Waals surface area (Å²) in [5, 5.41) is 18.8. The lowest BCUT2D eigenvalue weighted by molar-refractivity contribution is 0.0695. The van der Waals surface area contributed by atoms with Crippen LogP contribution in [0.3, 0.4) is 0 Å². The van der Waals surface area contributed by atoms with Crippen molar-refractivity contribution in [1.82, 2.24) is 4.98 Å². The van der Waals surface area contributed by atoms with Crippen LogP contribution in [0.2, 0.25) is 0 Å². The van der Waals surface area contributed by atoms with E-state index in [0.29, 0.717) is 5.69 Å². The van der Waals surface area contributed by atoms with Crippen molar-refractivity contribution in [3.63, 3.8) is 0 Å². The number of hydrogen-bond acceptors (Lipinski definition) is 7. The molecule has 11 nitrogen and oxygen atoms in total. The highest BCUT2D eigenvalue weighted by Gasteiger charge is 2.26. The summed E-state index contributed by atoms with van der Waals surface area (Å²) in [4.78, 5) is 38.6. The highest BCUT2D eigenvalue weighted by atomic mass is 32.2. The lowest BCUT2D eigenvalue weighted by Crippen LogP contribution is -2.25. The molecule has 2 rings (SSSR count). The fraction of sp³-hybridized carbons (Fsp3) is 0.188. The first-order valence-electron chi connectivity index (χ1n) is 7.71. The van der Waals surface area contributed by atoms with Gasteiger partial charge in [0, 0.05) is 24.8 Å². The van der Waals surface area contributed by atoms with Gasteiger partial charge in [-0.1, -0.05) is 12.1 Å². The van der Waals surface area contributed by atoms with Crippen LogP contribution in [0, 0.1) is 0 Å². The molecule has 0 atom stereocenters. The molecule has 0 spiro atoms. The van der Waals surface area contributed by atoms with Crippen LogP contribution in [-0.4, -0.2) is 59.5 Å². The van der Waals surface area contributed by atoms with Crippen molar-refractivity contribution in [1.29, 1.82) is 0 Å². The molecule has 1 aromatic heterocycles. The molecule has 0 unspecified atom stereocenters. The third-order valence-corrected chi connectivity index (χ3v) is 4.65. The number of pyridine rings is 1. The normalized spacial score (nSPS) is 11.2. The zero-order valence-corrected chi connectivity index (χ0v) is 15.4. The molecule has 1 heterocycles. The molecule has 28 heavy (non-hydrogen) atoms. The highest BCUT2D eigenvalue weighted by molar-refractivity contribution is 7.85. The summed E-state index contributed by atoms with van der Waals surface area (Å²) in [5.41, 5.74) is 3.51. The summed E-state index contributed by atoms with van der Waals surface area (Å²) in [5.74, 6) is -4.11. The second kappa shape index (κ2) is 7.70. The van der Waals surface area contributed by atoms with Gasteiger partial charge in [-0.05, 0) is 17.7 Å². The number of aromatic amines is 1. The minimum Gasteiger partial charge on any atom is -0.478 e. The van der Waals surface area contributed by atoms with Crippen molar-refractivity contribution >= 4 is 33.6 Å². The SMILES string of the molecule is CN(CCS(=O)(=O)O)c1ccc(-c2c(C(=O)O)c(N)[nH]c(=O)c2C(=O)O)cc1. The molecular formula is C16H17N3O8S. The highest BCUT2D eigenvalue weighted by Crippen LogP contribution is 2.30. The van der Waals surface area contributed by atoms with E-state index >= 15 is 0 Å². The number of benzene rings is 1. The zero-order chi connectivity index (χ0) is 21.2. The van der Waals surface area contributed by atoms with Gasteiger partial charge < -0.3 is 25.8 Å². The average molecular weight is 411 g/mol.